The van der Waals surface area contributed by atoms with Crippen LogP contribution in [0.3, 0.4) is 0 Å². The van der Waals surface area contributed by atoms with E-state index in [0.717, 1.165) is 19.4 Å². The average Bonchev–Trinajstić information content (AvgIpc) is 2.19. The molecule has 0 aromatic rings. The number of amides is 2. The number of unbranched alkanes of at least 4 members (excludes halogenated alkanes) is 1. The first-order valence-electron chi connectivity index (χ1n) is 5.78. The van der Waals surface area contributed by atoms with Crippen LogP contribution in [-0.4, -0.2) is 31.4 Å². The van der Waals surface area contributed by atoms with Gasteiger partial charge in [-0.1, -0.05) is 13.8 Å². The van der Waals surface area contributed by atoms with E-state index in [0.29, 0.717) is 25.4 Å². The molecule has 0 aromatic heterocycles. The molecular formula is C11H23N3O2. The zero-order chi connectivity index (χ0) is 12.4. The number of hydrogen-bond acceptors (Lipinski definition) is 3. The molecule has 0 saturated heterocycles. The van der Waals surface area contributed by atoms with E-state index in [1.165, 1.54) is 0 Å². The summed E-state index contributed by atoms with van der Waals surface area (Å²) in [5, 5.41) is 5.83. The third-order valence-corrected chi connectivity index (χ3v) is 2.02. The average molecular weight is 229 g/mol. The zero-order valence-electron chi connectivity index (χ0n) is 10.2. The molecule has 0 heterocycles. The molecule has 0 aliphatic carbocycles. The van der Waals surface area contributed by atoms with Crippen LogP contribution in [0.5, 0.6) is 0 Å². The van der Waals surface area contributed by atoms with Gasteiger partial charge in [0.25, 0.3) is 0 Å². The Bertz CT molecular complexity index is 217. The summed E-state index contributed by atoms with van der Waals surface area (Å²) in [6.45, 7) is 5.89. The van der Waals surface area contributed by atoms with Crippen LogP contribution in [0.25, 0.3) is 0 Å². The Kier molecular flexibility index (Phi) is 8.52. The number of nitrogens with one attached hydrogen (secondary N) is 2. The van der Waals surface area contributed by atoms with Crippen LogP contribution in [0.15, 0.2) is 0 Å². The molecule has 0 fully saturated rings. The fourth-order valence-corrected chi connectivity index (χ4v) is 1.13. The molecule has 16 heavy (non-hydrogen) atoms. The van der Waals surface area contributed by atoms with Crippen LogP contribution < -0.4 is 16.4 Å². The largest absolute Gasteiger partial charge is 0.370 e. The van der Waals surface area contributed by atoms with E-state index in [4.69, 9.17) is 5.73 Å². The van der Waals surface area contributed by atoms with Gasteiger partial charge in [-0.3, -0.25) is 9.59 Å². The highest BCUT2D eigenvalue weighted by Crippen LogP contribution is 1.92. The van der Waals surface area contributed by atoms with Crippen molar-refractivity contribution < 1.29 is 9.59 Å². The number of nitrogens with two attached hydrogens (primary N) is 1. The Labute approximate surface area is 97.2 Å². The predicted octanol–water partition coefficient (Wildman–Crippen LogP) is 0.00380. The lowest BCUT2D eigenvalue weighted by atomic mass is 10.2. The minimum absolute atomic E-state index is 0.0172. The highest BCUT2D eigenvalue weighted by Gasteiger charge is 2.01. The van der Waals surface area contributed by atoms with Gasteiger partial charge in [0, 0.05) is 13.0 Å². The molecule has 0 bridgehead atoms. The molecule has 4 N–H and O–H groups in total. The fourth-order valence-electron chi connectivity index (χ4n) is 1.13. The fraction of sp³-hybridized carbons (Fsp3) is 0.818. The van der Waals surface area contributed by atoms with Crippen molar-refractivity contribution in [3.05, 3.63) is 0 Å². The van der Waals surface area contributed by atoms with Gasteiger partial charge in [-0.05, 0) is 25.3 Å². The van der Waals surface area contributed by atoms with E-state index in [1.807, 2.05) is 0 Å². The van der Waals surface area contributed by atoms with Gasteiger partial charge < -0.3 is 16.4 Å². The minimum atomic E-state index is -0.269. The topological polar surface area (TPSA) is 84.2 Å². The first kappa shape index (κ1) is 14.9. The smallest absolute Gasteiger partial charge is 0.233 e. The molecule has 5 nitrogen and oxygen atoms in total. The van der Waals surface area contributed by atoms with Crippen LogP contribution in [0.2, 0.25) is 0 Å². The molecule has 0 rings (SSSR count). The van der Waals surface area contributed by atoms with Crippen molar-refractivity contribution in [1.82, 2.24) is 10.6 Å². The molecular weight excluding hydrogens is 206 g/mol. The summed E-state index contributed by atoms with van der Waals surface area (Å²) in [5.74, 6) is 0.220. The zero-order valence-corrected chi connectivity index (χ0v) is 10.2. The first-order valence-corrected chi connectivity index (χ1v) is 5.78. The molecule has 0 saturated carbocycles. The maximum atomic E-state index is 11.2. The first-order chi connectivity index (χ1) is 7.52. The van der Waals surface area contributed by atoms with Crippen molar-refractivity contribution >= 4 is 11.8 Å². The third kappa shape index (κ3) is 11.0. The highest BCUT2D eigenvalue weighted by molar-refractivity contribution is 5.77. The van der Waals surface area contributed by atoms with E-state index in [-0.39, 0.29) is 11.8 Å². The molecule has 0 atom stereocenters. The summed E-state index contributed by atoms with van der Waals surface area (Å²) in [7, 11) is 0. The van der Waals surface area contributed by atoms with Gasteiger partial charge in [-0.2, -0.15) is 0 Å². The molecule has 0 spiro atoms. The molecule has 94 valence electrons. The number of rotatable bonds is 9. The second kappa shape index (κ2) is 9.15. The van der Waals surface area contributed by atoms with Crippen molar-refractivity contribution in [3.63, 3.8) is 0 Å². The number of carbonyl (C=O) groups excluding carboxylic acids is 2. The van der Waals surface area contributed by atoms with Crippen molar-refractivity contribution in [1.29, 1.82) is 0 Å². The second-order valence-electron chi connectivity index (χ2n) is 4.30. The summed E-state index contributed by atoms with van der Waals surface area (Å²) >= 11 is 0. The van der Waals surface area contributed by atoms with E-state index in [1.54, 1.807) is 0 Å². The SMILES string of the molecule is CC(C)CNC(=O)CNCCCCC(N)=O. The van der Waals surface area contributed by atoms with Gasteiger partial charge in [-0.15, -0.1) is 0 Å². The lowest BCUT2D eigenvalue weighted by Gasteiger charge is -2.08. The minimum Gasteiger partial charge on any atom is -0.370 e. The molecule has 5 heteroatoms. The highest BCUT2D eigenvalue weighted by atomic mass is 16.2. The Morgan fingerprint density at radius 3 is 2.50 bits per heavy atom. The van der Waals surface area contributed by atoms with Gasteiger partial charge in [0.05, 0.1) is 6.54 Å². The summed E-state index contributed by atoms with van der Waals surface area (Å²) < 4.78 is 0. The van der Waals surface area contributed by atoms with Gasteiger partial charge in [0.2, 0.25) is 11.8 Å². The molecule has 0 radical (unpaired) electrons. The van der Waals surface area contributed by atoms with Gasteiger partial charge in [-0.25, -0.2) is 0 Å². The van der Waals surface area contributed by atoms with E-state index in [9.17, 15) is 9.59 Å². The molecule has 0 aliphatic heterocycles. The molecule has 0 unspecified atom stereocenters. The van der Waals surface area contributed by atoms with Crippen molar-refractivity contribution in [2.24, 2.45) is 11.7 Å². The lowest BCUT2D eigenvalue weighted by Crippen LogP contribution is -2.36. The van der Waals surface area contributed by atoms with Crippen LogP contribution in [0, 0.1) is 5.92 Å². The summed E-state index contributed by atoms with van der Waals surface area (Å²) in [6.07, 6.45) is 2.05. The monoisotopic (exact) mass is 229 g/mol. The summed E-state index contributed by atoms with van der Waals surface area (Å²) in [6, 6.07) is 0. The second-order valence-corrected chi connectivity index (χ2v) is 4.30. The Morgan fingerprint density at radius 2 is 1.94 bits per heavy atom. The number of hydrogen-bond donors (Lipinski definition) is 3. The van der Waals surface area contributed by atoms with Crippen LogP contribution >= 0.6 is 0 Å². The maximum Gasteiger partial charge on any atom is 0.233 e. The molecule has 0 aliphatic rings. The normalized spacial score (nSPS) is 10.4. The molecule has 2 amide bonds. The van der Waals surface area contributed by atoms with Crippen LogP contribution in [0.4, 0.5) is 0 Å². The third-order valence-electron chi connectivity index (χ3n) is 2.02. The Morgan fingerprint density at radius 1 is 1.25 bits per heavy atom. The lowest BCUT2D eigenvalue weighted by molar-refractivity contribution is -0.120. The Balaban J connectivity index is 3.24. The number of primary amides is 1. The van der Waals surface area contributed by atoms with Crippen molar-refractivity contribution in [2.75, 3.05) is 19.6 Å². The Hall–Kier alpha value is -1.10. The molecule has 0 aromatic carbocycles. The standard InChI is InChI=1S/C11H23N3O2/c1-9(2)7-14-11(16)8-13-6-4-3-5-10(12)15/h9,13H,3-8H2,1-2H3,(H2,12,15)(H,14,16). The van der Waals surface area contributed by atoms with Crippen molar-refractivity contribution in [2.45, 2.75) is 33.1 Å². The summed E-state index contributed by atoms with van der Waals surface area (Å²) in [4.78, 5) is 21.7. The summed E-state index contributed by atoms with van der Waals surface area (Å²) in [5.41, 5.74) is 5.00. The van der Waals surface area contributed by atoms with Crippen LogP contribution in [-0.2, 0) is 9.59 Å². The van der Waals surface area contributed by atoms with Gasteiger partial charge in [0.15, 0.2) is 0 Å². The quantitative estimate of drug-likeness (QED) is 0.487. The maximum absolute atomic E-state index is 11.2. The number of carbonyl (C=O) groups is 2. The van der Waals surface area contributed by atoms with Gasteiger partial charge >= 0.3 is 0 Å². The van der Waals surface area contributed by atoms with E-state index < -0.39 is 0 Å². The van der Waals surface area contributed by atoms with E-state index in [2.05, 4.69) is 24.5 Å². The van der Waals surface area contributed by atoms with Gasteiger partial charge in [0.1, 0.15) is 0 Å². The predicted molar refractivity (Wildman–Crippen MR) is 63.8 cm³/mol. The van der Waals surface area contributed by atoms with Crippen LogP contribution in [0.1, 0.15) is 33.1 Å². The van der Waals surface area contributed by atoms with E-state index >= 15 is 0 Å². The van der Waals surface area contributed by atoms with Crippen molar-refractivity contribution in [3.8, 4) is 0 Å².